The summed E-state index contributed by atoms with van der Waals surface area (Å²) < 4.78 is 0. The molecule has 0 aliphatic carbocycles. The van der Waals surface area contributed by atoms with Crippen LogP contribution in [0.2, 0.25) is 0 Å². The molecule has 2 aromatic rings. The smallest absolute Gasteiger partial charge is 0.254 e. The van der Waals surface area contributed by atoms with Crippen LogP contribution in [0.5, 0.6) is 0 Å². The van der Waals surface area contributed by atoms with Gasteiger partial charge in [-0.1, -0.05) is 19.4 Å². The van der Waals surface area contributed by atoms with Gasteiger partial charge in [-0.3, -0.25) is 9.89 Å². The topological polar surface area (TPSA) is 69.2 Å². The monoisotopic (exact) mass is 259 g/mol. The number of aromatic amines is 1. The molecule has 0 radical (unpaired) electrons. The maximum Gasteiger partial charge on any atom is 0.254 e. The van der Waals surface area contributed by atoms with Gasteiger partial charge in [-0.25, -0.2) is 0 Å². The zero-order valence-corrected chi connectivity index (χ0v) is 10.9. The molecule has 1 aliphatic rings. The Morgan fingerprint density at radius 2 is 2.32 bits per heavy atom. The lowest BCUT2D eigenvalue weighted by molar-refractivity contribution is -0.0860. The summed E-state index contributed by atoms with van der Waals surface area (Å²) in [5.74, 6) is -0.0303. The van der Waals surface area contributed by atoms with Gasteiger partial charge < -0.3 is 10.0 Å². The van der Waals surface area contributed by atoms with Crippen molar-refractivity contribution in [3.05, 3.63) is 30.0 Å². The summed E-state index contributed by atoms with van der Waals surface area (Å²) in [4.78, 5) is 14.0. The molecule has 1 saturated heterocycles. The molecule has 1 amide bonds. The molecule has 0 saturated carbocycles. The standard InChI is InChI=1S/C14H17N3O2/c1-2-5-14(19)8-17(9-14)13(18)10-3-4-11-7-15-16-12(11)6-10/h3-4,6-7,19H,2,5,8-9H2,1H3,(H,15,16). The van der Waals surface area contributed by atoms with Gasteiger partial charge in [-0.15, -0.1) is 0 Å². The van der Waals surface area contributed by atoms with Crippen molar-refractivity contribution in [2.45, 2.75) is 25.4 Å². The minimum Gasteiger partial charge on any atom is -0.386 e. The molecule has 19 heavy (non-hydrogen) atoms. The number of nitrogens with one attached hydrogen (secondary N) is 1. The number of β-amino-alcohol motifs (C(OH)–C–C–N with tert-alkyl or cyclic N) is 1. The van der Waals surface area contributed by atoms with Crippen molar-refractivity contribution in [1.82, 2.24) is 15.1 Å². The quantitative estimate of drug-likeness (QED) is 0.878. The molecule has 2 N–H and O–H groups in total. The summed E-state index contributed by atoms with van der Waals surface area (Å²) in [7, 11) is 0. The molecule has 3 rings (SSSR count). The van der Waals surface area contributed by atoms with E-state index in [1.807, 2.05) is 19.1 Å². The van der Waals surface area contributed by atoms with E-state index in [0.29, 0.717) is 18.7 Å². The fourth-order valence-corrected chi connectivity index (χ4v) is 2.68. The molecule has 2 heterocycles. The van der Waals surface area contributed by atoms with Crippen LogP contribution in [0.1, 0.15) is 30.1 Å². The van der Waals surface area contributed by atoms with Crippen LogP contribution in [-0.2, 0) is 0 Å². The number of aliphatic hydroxyl groups is 1. The highest BCUT2D eigenvalue weighted by atomic mass is 16.3. The average molecular weight is 259 g/mol. The largest absolute Gasteiger partial charge is 0.386 e. The molecular weight excluding hydrogens is 242 g/mol. The van der Waals surface area contributed by atoms with Gasteiger partial charge in [-0.2, -0.15) is 5.10 Å². The highest BCUT2D eigenvalue weighted by molar-refractivity contribution is 5.98. The van der Waals surface area contributed by atoms with E-state index in [2.05, 4.69) is 10.2 Å². The Bertz CT molecular complexity index is 614. The number of nitrogens with zero attached hydrogens (tertiary/aromatic N) is 2. The lowest BCUT2D eigenvalue weighted by Crippen LogP contribution is -2.63. The molecule has 5 nitrogen and oxygen atoms in total. The van der Waals surface area contributed by atoms with Gasteiger partial charge >= 0.3 is 0 Å². The molecule has 1 fully saturated rings. The van der Waals surface area contributed by atoms with E-state index >= 15 is 0 Å². The minimum absolute atomic E-state index is 0.0303. The Morgan fingerprint density at radius 1 is 1.53 bits per heavy atom. The normalized spacial score (nSPS) is 17.5. The Morgan fingerprint density at radius 3 is 3.05 bits per heavy atom. The van der Waals surface area contributed by atoms with Crippen LogP contribution < -0.4 is 0 Å². The Hall–Kier alpha value is -1.88. The number of hydrogen-bond acceptors (Lipinski definition) is 3. The van der Waals surface area contributed by atoms with Gasteiger partial charge in [0.05, 0.1) is 30.4 Å². The van der Waals surface area contributed by atoms with E-state index in [0.717, 1.165) is 23.7 Å². The second-order valence-corrected chi connectivity index (χ2v) is 5.31. The van der Waals surface area contributed by atoms with Crippen LogP contribution >= 0.6 is 0 Å². The number of likely N-dealkylation sites (tertiary alicyclic amines) is 1. The SMILES string of the molecule is CCCC1(O)CN(C(=O)c2ccc3cn[nH]c3c2)C1. The van der Waals surface area contributed by atoms with E-state index in [1.54, 1.807) is 17.2 Å². The third kappa shape index (κ3) is 2.10. The molecule has 0 spiro atoms. The minimum atomic E-state index is -0.678. The van der Waals surface area contributed by atoms with Crippen molar-refractivity contribution in [2.75, 3.05) is 13.1 Å². The first-order valence-electron chi connectivity index (χ1n) is 6.56. The molecular formula is C14H17N3O2. The van der Waals surface area contributed by atoms with Gasteiger partial charge in [0.1, 0.15) is 0 Å². The summed E-state index contributed by atoms with van der Waals surface area (Å²) in [6.07, 6.45) is 3.40. The molecule has 0 bridgehead atoms. The van der Waals surface area contributed by atoms with E-state index < -0.39 is 5.60 Å². The maximum absolute atomic E-state index is 12.3. The van der Waals surface area contributed by atoms with Crippen LogP contribution in [0.25, 0.3) is 10.9 Å². The number of H-pyrrole nitrogens is 1. The molecule has 1 aromatic carbocycles. The number of fused-ring (bicyclic) bond motifs is 1. The van der Waals surface area contributed by atoms with Crippen LogP contribution in [0.3, 0.4) is 0 Å². The first-order chi connectivity index (χ1) is 9.11. The molecule has 5 heteroatoms. The van der Waals surface area contributed by atoms with Gasteiger partial charge in [0.2, 0.25) is 0 Å². The van der Waals surface area contributed by atoms with Crippen molar-refractivity contribution in [3.63, 3.8) is 0 Å². The van der Waals surface area contributed by atoms with Gasteiger partial charge in [0, 0.05) is 10.9 Å². The van der Waals surface area contributed by atoms with Crippen molar-refractivity contribution >= 4 is 16.8 Å². The lowest BCUT2D eigenvalue weighted by atomic mass is 9.88. The number of carbonyl (C=O) groups excluding carboxylic acids is 1. The van der Waals surface area contributed by atoms with Gasteiger partial charge in [-0.05, 0) is 18.6 Å². The predicted octanol–water partition coefficient (Wildman–Crippen LogP) is 1.55. The third-order valence-corrected chi connectivity index (χ3v) is 3.66. The molecule has 100 valence electrons. The van der Waals surface area contributed by atoms with Crippen LogP contribution in [0.4, 0.5) is 0 Å². The van der Waals surface area contributed by atoms with E-state index in [1.165, 1.54) is 0 Å². The predicted molar refractivity (Wildman–Crippen MR) is 71.9 cm³/mol. The molecule has 0 atom stereocenters. The number of amides is 1. The third-order valence-electron chi connectivity index (χ3n) is 3.66. The maximum atomic E-state index is 12.3. The van der Waals surface area contributed by atoms with Crippen molar-refractivity contribution < 1.29 is 9.90 Å². The molecule has 0 unspecified atom stereocenters. The first-order valence-corrected chi connectivity index (χ1v) is 6.56. The van der Waals surface area contributed by atoms with Crippen molar-refractivity contribution in [1.29, 1.82) is 0 Å². The zero-order valence-electron chi connectivity index (χ0n) is 10.9. The Labute approximate surface area is 111 Å². The summed E-state index contributed by atoms with van der Waals surface area (Å²) >= 11 is 0. The Kier molecular flexibility index (Phi) is 2.78. The van der Waals surface area contributed by atoms with E-state index in [4.69, 9.17) is 0 Å². The summed E-state index contributed by atoms with van der Waals surface area (Å²) in [6.45, 7) is 2.90. The number of aromatic nitrogens is 2. The fraction of sp³-hybridized carbons (Fsp3) is 0.429. The first kappa shape index (κ1) is 12.2. The molecule has 1 aromatic heterocycles. The fourth-order valence-electron chi connectivity index (χ4n) is 2.68. The summed E-state index contributed by atoms with van der Waals surface area (Å²) in [6, 6.07) is 5.49. The second kappa shape index (κ2) is 4.35. The highest BCUT2D eigenvalue weighted by Gasteiger charge is 2.42. The van der Waals surface area contributed by atoms with Crippen molar-refractivity contribution in [2.24, 2.45) is 0 Å². The van der Waals surface area contributed by atoms with Crippen LogP contribution in [0, 0.1) is 0 Å². The number of carbonyl (C=O) groups is 1. The van der Waals surface area contributed by atoms with Gasteiger partial charge in [0.25, 0.3) is 5.91 Å². The van der Waals surface area contributed by atoms with Crippen LogP contribution in [0.15, 0.2) is 24.4 Å². The summed E-state index contributed by atoms with van der Waals surface area (Å²) in [5, 5.41) is 17.9. The summed E-state index contributed by atoms with van der Waals surface area (Å²) in [5.41, 5.74) is 0.813. The van der Waals surface area contributed by atoms with Crippen LogP contribution in [-0.4, -0.2) is 44.8 Å². The second-order valence-electron chi connectivity index (χ2n) is 5.31. The Balaban J connectivity index is 1.74. The highest BCUT2D eigenvalue weighted by Crippen LogP contribution is 2.27. The van der Waals surface area contributed by atoms with E-state index in [-0.39, 0.29) is 5.91 Å². The number of hydrogen-bond donors (Lipinski definition) is 2. The van der Waals surface area contributed by atoms with Crippen molar-refractivity contribution in [3.8, 4) is 0 Å². The average Bonchev–Trinajstić information content (AvgIpc) is 2.82. The van der Waals surface area contributed by atoms with E-state index in [9.17, 15) is 9.90 Å². The van der Waals surface area contributed by atoms with Gasteiger partial charge in [0.15, 0.2) is 0 Å². The lowest BCUT2D eigenvalue weighted by Gasteiger charge is -2.46. The number of rotatable bonds is 3. The molecule has 1 aliphatic heterocycles. The number of benzene rings is 1. The zero-order chi connectivity index (χ0) is 13.5.